The number of esters is 1. The van der Waals surface area contributed by atoms with E-state index in [1.807, 2.05) is 37.3 Å². The molecule has 0 saturated heterocycles. The summed E-state index contributed by atoms with van der Waals surface area (Å²) in [7, 11) is 4.53. The van der Waals surface area contributed by atoms with Crippen molar-refractivity contribution in [1.29, 1.82) is 0 Å². The second kappa shape index (κ2) is 7.31. The number of pyridine rings is 1. The summed E-state index contributed by atoms with van der Waals surface area (Å²) in [5.41, 5.74) is 3.44. The molecule has 0 bridgehead atoms. The number of hydrogen-bond donors (Lipinski definition) is 1. The Labute approximate surface area is 151 Å². The molecule has 0 saturated carbocycles. The van der Waals surface area contributed by atoms with E-state index in [-0.39, 0.29) is 5.69 Å². The van der Waals surface area contributed by atoms with Crippen LogP contribution in [0.2, 0.25) is 0 Å². The van der Waals surface area contributed by atoms with Gasteiger partial charge in [0.15, 0.2) is 5.69 Å². The number of rotatable bonds is 5. The molecule has 0 aliphatic carbocycles. The smallest absolute Gasteiger partial charge is 0.356 e. The number of anilines is 2. The van der Waals surface area contributed by atoms with E-state index in [4.69, 9.17) is 14.2 Å². The molecule has 0 aliphatic heterocycles. The minimum Gasteiger partial charge on any atom is -0.497 e. The first-order valence-electron chi connectivity index (χ1n) is 8.05. The zero-order valence-electron chi connectivity index (χ0n) is 15.1. The molecule has 0 atom stereocenters. The number of benzene rings is 2. The highest BCUT2D eigenvalue weighted by Crippen LogP contribution is 2.34. The number of ether oxygens (including phenoxy) is 3. The molecule has 3 rings (SSSR count). The molecule has 0 amide bonds. The SMILES string of the molecule is COC(=O)c1cc(Nc2ccc(OC)cc2OC)c2cccc(C)c2n1. The Morgan fingerprint density at radius 1 is 1.00 bits per heavy atom. The Bertz CT molecular complexity index is 969. The highest BCUT2D eigenvalue weighted by atomic mass is 16.5. The first-order chi connectivity index (χ1) is 12.6. The summed E-state index contributed by atoms with van der Waals surface area (Å²) in [5.74, 6) is 0.833. The normalized spacial score (nSPS) is 10.5. The summed E-state index contributed by atoms with van der Waals surface area (Å²) in [6, 6.07) is 13.0. The Morgan fingerprint density at radius 2 is 1.81 bits per heavy atom. The van der Waals surface area contributed by atoms with Gasteiger partial charge in [0.1, 0.15) is 11.5 Å². The van der Waals surface area contributed by atoms with Gasteiger partial charge in [-0.05, 0) is 30.7 Å². The lowest BCUT2D eigenvalue weighted by molar-refractivity contribution is 0.0594. The Morgan fingerprint density at radius 3 is 2.50 bits per heavy atom. The van der Waals surface area contributed by atoms with Gasteiger partial charge in [-0.15, -0.1) is 0 Å². The van der Waals surface area contributed by atoms with Crippen LogP contribution in [0, 0.1) is 6.92 Å². The van der Waals surface area contributed by atoms with Crippen LogP contribution in [0.3, 0.4) is 0 Å². The Kier molecular flexibility index (Phi) is 4.93. The van der Waals surface area contributed by atoms with Crippen LogP contribution in [0.1, 0.15) is 16.1 Å². The molecule has 3 aromatic rings. The van der Waals surface area contributed by atoms with Crippen molar-refractivity contribution in [3.8, 4) is 11.5 Å². The second-order valence-corrected chi connectivity index (χ2v) is 5.71. The number of methoxy groups -OCH3 is 3. The summed E-state index contributed by atoms with van der Waals surface area (Å²) < 4.78 is 15.5. The molecule has 1 aromatic heterocycles. The number of hydrogen-bond acceptors (Lipinski definition) is 6. The van der Waals surface area contributed by atoms with E-state index in [1.54, 1.807) is 26.4 Å². The van der Waals surface area contributed by atoms with E-state index < -0.39 is 5.97 Å². The Balaban J connectivity index is 2.15. The second-order valence-electron chi connectivity index (χ2n) is 5.71. The highest BCUT2D eigenvalue weighted by molar-refractivity contribution is 6.00. The van der Waals surface area contributed by atoms with Crippen LogP contribution in [-0.4, -0.2) is 32.3 Å². The molecule has 0 radical (unpaired) electrons. The molecule has 0 spiro atoms. The van der Waals surface area contributed by atoms with E-state index in [9.17, 15) is 4.79 Å². The molecule has 26 heavy (non-hydrogen) atoms. The fourth-order valence-corrected chi connectivity index (χ4v) is 2.75. The number of fused-ring (bicyclic) bond motifs is 1. The fraction of sp³-hybridized carbons (Fsp3) is 0.200. The molecule has 6 heteroatoms. The standard InChI is InChI=1S/C20H20N2O4/c1-12-6-5-7-14-16(11-17(20(23)26-4)22-19(12)14)21-15-9-8-13(24-2)10-18(15)25-3/h5-11H,1-4H3,(H,21,22). The van der Waals surface area contributed by atoms with Gasteiger partial charge in [0, 0.05) is 11.5 Å². The minimum atomic E-state index is -0.486. The van der Waals surface area contributed by atoms with Crippen LogP contribution in [0.5, 0.6) is 11.5 Å². The average molecular weight is 352 g/mol. The largest absolute Gasteiger partial charge is 0.497 e. The van der Waals surface area contributed by atoms with Gasteiger partial charge in [-0.2, -0.15) is 0 Å². The predicted octanol–water partition coefficient (Wildman–Crippen LogP) is 4.09. The van der Waals surface area contributed by atoms with Gasteiger partial charge in [-0.25, -0.2) is 9.78 Å². The van der Waals surface area contributed by atoms with Crippen LogP contribution in [0.15, 0.2) is 42.5 Å². The maximum absolute atomic E-state index is 12.0. The lowest BCUT2D eigenvalue weighted by Crippen LogP contribution is -2.06. The number of nitrogens with one attached hydrogen (secondary N) is 1. The summed E-state index contributed by atoms with van der Waals surface area (Å²) in [6.45, 7) is 1.95. The molecule has 134 valence electrons. The zero-order chi connectivity index (χ0) is 18.7. The van der Waals surface area contributed by atoms with Gasteiger partial charge in [-0.3, -0.25) is 0 Å². The van der Waals surface area contributed by atoms with E-state index >= 15 is 0 Å². The molecule has 1 N–H and O–H groups in total. The van der Waals surface area contributed by atoms with E-state index in [1.165, 1.54) is 7.11 Å². The van der Waals surface area contributed by atoms with Gasteiger partial charge in [0.05, 0.1) is 38.2 Å². The average Bonchev–Trinajstić information content (AvgIpc) is 2.68. The summed E-state index contributed by atoms with van der Waals surface area (Å²) in [4.78, 5) is 16.5. The zero-order valence-corrected chi connectivity index (χ0v) is 15.1. The van der Waals surface area contributed by atoms with Gasteiger partial charge in [0.25, 0.3) is 0 Å². The van der Waals surface area contributed by atoms with Crippen molar-refractivity contribution < 1.29 is 19.0 Å². The number of para-hydroxylation sites is 1. The summed E-state index contributed by atoms with van der Waals surface area (Å²) in [5, 5.41) is 4.23. The third-order valence-electron chi connectivity index (χ3n) is 4.11. The Hall–Kier alpha value is -3.28. The van der Waals surface area contributed by atoms with Gasteiger partial charge < -0.3 is 19.5 Å². The number of nitrogens with zero attached hydrogens (tertiary/aromatic N) is 1. The van der Waals surface area contributed by atoms with Gasteiger partial charge in [-0.1, -0.05) is 18.2 Å². The fourth-order valence-electron chi connectivity index (χ4n) is 2.75. The monoisotopic (exact) mass is 352 g/mol. The van der Waals surface area contributed by atoms with Crippen molar-refractivity contribution in [2.75, 3.05) is 26.6 Å². The lowest BCUT2D eigenvalue weighted by atomic mass is 10.1. The highest BCUT2D eigenvalue weighted by Gasteiger charge is 2.15. The van der Waals surface area contributed by atoms with E-state index in [0.29, 0.717) is 11.5 Å². The van der Waals surface area contributed by atoms with Crippen LogP contribution in [0.25, 0.3) is 10.9 Å². The van der Waals surface area contributed by atoms with Gasteiger partial charge >= 0.3 is 5.97 Å². The number of carbonyl (C=O) groups excluding carboxylic acids is 1. The quantitative estimate of drug-likeness (QED) is 0.698. The van der Waals surface area contributed by atoms with Crippen molar-refractivity contribution in [1.82, 2.24) is 4.98 Å². The number of carbonyl (C=O) groups is 1. The van der Waals surface area contributed by atoms with Crippen molar-refractivity contribution in [2.24, 2.45) is 0 Å². The van der Waals surface area contributed by atoms with Crippen molar-refractivity contribution in [3.63, 3.8) is 0 Å². The predicted molar refractivity (Wildman–Crippen MR) is 101 cm³/mol. The number of aromatic nitrogens is 1. The van der Waals surface area contributed by atoms with Crippen molar-refractivity contribution in [3.05, 3.63) is 53.7 Å². The van der Waals surface area contributed by atoms with Crippen molar-refractivity contribution in [2.45, 2.75) is 6.92 Å². The summed E-state index contributed by atoms with van der Waals surface area (Å²) in [6.07, 6.45) is 0. The molecular weight excluding hydrogens is 332 g/mol. The molecule has 6 nitrogen and oxygen atoms in total. The summed E-state index contributed by atoms with van der Waals surface area (Å²) >= 11 is 0. The van der Waals surface area contributed by atoms with Crippen LogP contribution < -0.4 is 14.8 Å². The third-order valence-corrected chi connectivity index (χ3v) is 4.11. The molecular formula is C20H20N2O4. The van der Waals surface area contributed by atoms with Crippen molar-refractivity contribution >= 4 is 28.2 Å². The third kappa shape index (κ3) is 3.26. The van der Waals surface area contributed by atoms with Crippen LogP contribution in [-0.2, 0) is 4.74 Å². The van der Waals surface area contributed by atoms with Gasteiger partial charge in [0.2, 0.25) is 0 Å². The molecule has 0 unspecified atom stereocenters. The molecule has 0 fully saturated rings. The number of aryl methyl sites for hydroxylation is 1. The maximum atomic E-state index is 12.0. The molecule has 2 aromatic carbocycles. The van der Waals surface area contributed by atoms with E-state index in [2.05, 4.69) is 10.3 Å². The maximum Gasteiger partial charge on any atom is 0.356 e. The first kappa shape index (κ1) is 17.5. The lowest BCUT2D eigenvalue weighted by Gasteiger charge is -2.15. The molecule has 1 heterocycles. The minimum absolute atomic E-state index is 0.240. The first-order valence-corrected chi connectivity index (χ1v) is 8.05. The van der Waals surface area contributed by atoms with Crippen LogP contribution in [0.4, 0.5) is 11.4 Å². The van der Waals surface area contributed by atoms with E-state index in [0.717, 1.165) is 27.8 Å². The molecule has 0 aliphatic rings. The van der Waals surface area contributed by atoms with Crippen LogP contribution >= 0.6 is 0 Å². The topological polar surface area (TPSA) is 69.7 Å².